The number of hydrogen-bond acceptors (Lipinski definition) is 6. The van der Waals surface area contributed by atoms with E-state index in [1.165, 1.54) is 12.1 Å². The van der Waals surface area contributed by atoms with E-state index in [1.807, 2.05) is 6.07 Å². The van der Waals surface area contributed by atoms with Gasteiger partial charge >= 0.3 is 0 Å². The number of nitrogens with zero attached hydrogens (tertiary/aromatic N) is 1. The van der Waals surface area contributed by atoms with Crippen molar-refractivity contribution in [1.82, 2.24) is 10.4 Å². The molecule has 0 fully saturated rings. The molecule has 1 aliphatic heterocycles. The maximum absolute atomic E-state index is 13.5. The van der Waals surface area contributed by atoms with Crippen molar-refractivity contribution in [3.8, 4) is 17.2 Å². The third-order valence-electron chi connectivity index (χ3n) is 5.23. The molecule has 0 aliphatic carbocycles. The minimum Gasteiger partial charge on any atom is -0.504 e. The van der Waals surface area contributed by atoms with Crippen molar-refractivity contribution >= 4 is 40.1 Å². The van der Waals surface area contributed by atoms with E-state index in [0.717, 1.165) is 3.57 Å². The molecule has 2 amide bonds. The van der Waals surface area contributed by atoms with Crippen LogP contribution in [-0.2, 0) is 0 Å². The van der Waals surface area contributed by atoms with Crippen molar-refractivity contribution in [2.75, 3.05) is 19.0 Å². The summed E-state index contributed by atoms with van der Waals surface area (Å²) in [5.74, 6) is -0.200. The Morgan fingerprint density at radius 2 is 2.00 bits per heavy atom. The van der Waals surface area contributed by atoms with Crippen LogP contribution in [0.3, 0.4) is 0 Å². The third-order valence-corrected chi connectivity index (χ3v) is 5.90. The summed E-state index contributed by atoms with van der Waals surface area (Å²) in [5.41, 5.74) is 4.38. The van der Waals surface area contributed by atoms with Crippen molar-refractivity contribution in [2.24, 2.45) is 0 Å². The summed E-state index contributed by atoms with van der Waals surface area (Å²) >= 11 is 2.12. The van der Waals surface area contributed by atoms with E-state index in [9.17, 15) is 14.7 Å². The van der Waals surface area contributed by atoms with Crippen molar-refractivity contribution in [2.45, 2.75) is 6.17 Å². The molecule has 0 bridgehead atoms. The molecule has 0 saturated carbocycles. The molecule has 1 atom stereocenters. The highest BCUT2D eigenvalue weighted by molar-refractivity contribution is 14.1. The Hall–Kier alpha value is -3.73. The fourth-order valence-corrected chi connectivity index (χ4v) is 4.06. The monoisotopic (exact) mass is 571 g/mol. The average Bonchev–Trinajstić information content (AvgIpc) is 2.85. The van der Waals surface area contributed by atoms with E-state index in [-0.39, 0.29) is 11.5 Å². The Morgan fingerprint density at radius 3 is 2.71 bits per heavy atom. The highest BCUT2D eigenvalue weighted by Crippen LogP contribution is 2.39. The van der Waals surface area contributed by atoms with Crippen LogP contribution in [0.15, 0.2) is 73.3 Å². The molecule has 1 aliphatic rings. The first-order valence-corrected chi connectivity index (χ1v) is 11.4. The number of fused-ring (bicyclic) bond motifs is 1. The van der Waals surface area contributed by atoms with Crippen LogP contribution in [0, 0.1) is 3.57 Å². The number of para-hydroxylation sites is 1. The molecule has 34 heavy (non-hydrogen) atoms. The summed E-state index contributed by atoms with van der Waals surface area (Å²) < 4.78 is 11.5. The van der Waals surface area contributed by atoms with Gasteiger partial charge in [0.1, 0.15) is 12.4 Å². The van der Waals surface area contributed by atoms with Crippen molar-refractivity contribution in [3.63, 3.8) is 0 Å². The largest absolute Gasteiger partial charge is 0.504 e. The van der Waals surface area contributed by atoms with Gasteiger partial charge in [-0.25, -0.2) is 5.01 Å². The maximum atomic E-state index is 13.5. The van der Waals surface area contributed by atoms with Gasteiger partial charge in [-0.2, -0.15) is 0 Å². The van der Waals surface area contributed by atoms with E-state index in [1.54, 1.807) is 60.7 Å². The average molecular weight is 571 g/mol. The Labute approximate surface area is 210 Å². The van der Waals surface area contributed by atoms with Crippen LogP contribution in [-0.4, -0.2) is 35.6 Å². The summed E-state index contributed by atoms with van der Waals surface area (Å²) in [6.07, 6.45) is 0.747. The molecule has 4 rings (SSSR count). The number of benzene rings is 3. The number of hydrazine groups is 1. The molecule has 0 radical (unpaired) electrons. The second kappa shape index (κ2) is 10.0. The minimum atomic E-state index is -0.880. The number of amides is 2. The van der Waals surface area contributed by atoms with Crippen LogP contribution in [0.5, 0.6) is 17.2 Å². The quantitative estimate of drug-likeness (QED) is 0.286. The zero-order valence-corrected chi connectivity index (χ0v) is 20.4. The standard InChI is InChI=1S/C25H22IN3O5/c1-3-13-34-17-10-7-15(8-11-17)24(31)28-29-23(18-5-4-6-21(33-2)22(18)30)27-20-12-9-16(26)14-19(20)25(29)32/h3-12,14,23,27,30H,1,13H2,2H3,(H,28,31)/t23-/m1/s1. The van der Waals surface area contributed by atoms with E-state index in [4.69, 9.17) is 9.47 Å². The van der Waals surface area contributed by atoms with Gasteiger partial charge in [-0.05, 0) is 71.1 Å². The molecular formula is C25H22IN3O5. The van der Waals surface area contributed by atoms with Gasteiger partial charge in [0.15, 0.2) is 17.7 Å². The van der Waals surface area contributed by atoms with Gasteiger partial charge in [-0.15, -0.1) is 0 Å². The third kappa shape index (κ3) is 4.65. The van der Waals surface area contributed by atoms with E-state index in [0.29, 0.717) is 34.7 Å². The number of halogens is 1. The van der Waals surface area contributed by atoms with Crippen LogP contribution in [0.25, 0.3) is 0 Å². The lowest BCUT2D eigenvalue weighted by atomic mass is 10.0. The lowest BCUT2D eigenvalue weighted by Gasteiger charge is -2.38. The zero-order valence-electron chi connectivity index (χ0n) is 18.2. The highest BCUT2D eigenvalue weighted by Gasteiger charge is 2.36. The fraction of sp³-hybridized carbons (Fsp3) is 0.120. The number of anilines is 1. The van der Waals surface area contributed by atoms with Crippen molar-refractivity contribution in [1.29, 1.82) is 0 Å². The fourth-order valence-electron chi connectivity index (χ4n) is 3.57. The number of carbonyl (C=O) groups is 2. The molecule has 0 saturated heterocycles. The smallest absolute Gasteiger partial charge is 0.276 e. The van der Waals surface area contributed by atoms with Crippen LogP contribution in [0.2, 0.25) is 0 Å². The lowest BCUT2D eigenvalue weighted by Crippen LogP contribution is -2.52. The second-order valence-corrected chi connectivity index (χ2v) is 8.62. The van der Waals surface area contributed by atoms with E-state index < -0.39 is 18.0 Å². The lowest BCUT2D eigenvalue weighted by molar-refractivity contribution is 0.0488. The number of carbonyl (C=O) groups excluding carboxylic acids is 2. The first-order valence-electron chi connectivity index (χ1n) is 10.3. The zero-order chi connectivity index (χ0) is 24.2. The van der Waals surface area contributed by atoms with Gasteiger partial charge < -0.3 is 19.9 Å². The van der Waals surface area contributed by atoms with Gasteiger partial charge in [-0.1, -0.05) is 24.8 Å². The van der Waals surface area contributed by atoms with Crippen LogP contribution < -0.4 is 20.2 Å². The number of hydrogen-bond donors (Lipinski definition) is 3. The number of aromatic hydroxyl groups is 1. The number of nitrogens with one attached hydrogen (secondary N) is 2. The predicted octanol–water partition coefficient (Wildman–Crippen LogP) is 4.48. The van der Waals surface area contributed by atoms with Crippen LogP contribution in [0.1, 0.15) is 32.4 Å². The summed E-state index contributed by atoms with van der Waals surface area (Å²) in [5, 5.41) is 15.2. The SMILES string of the molecule is C=CCOc1ccc(C(=O)NN2C(=O)c3cc(I)ccc3N[C@H]2c2cccc(OC)c2O)cc1. The number of methoxy groups -OCH3 is 1. The molecule has 0 unspecified atom stereocenters. The van der Waals surface area contributed by atoms with Crippen LogP contribution in [0.4, 0.5) is 5.69 Å². The predicted molar refractivity (Wildman–Crippen MR) is 136 cm³/mol. The normalized spacial score (nSPS) is 14.6. The first kappa shape index (κ1) is 23.4. The first-order chi connectivity index (χ1) is 16.4. The molecule has 1 heterocycles. The molecule has 0 aromatic heterocycles. The van der Waals surface area contributed by atoms with Crippen molar-refractivity contribution in [3.05, 3.63) is 93.6 Å². The van der Waals surface area contributed by atoms with Crippen LogP contribution >= 0.6 is 22.6 Å². The molecule has 174 valence electrons. The number of phenols is 1. The molecule has 8 nitrogen and oxygen atoms in total. The summed E-state index contributed by atoms with van der Waals surface area (Å²) in [6, 6.07) is 16.9. The summed E-state index contributed by atoms with van der Waals surface area (Å²) in [4.78, 5) is 26.6. The molecule has 0 spiro atoms. The summed E-state index contributed by atoms with van der Waals surface area (Å²) in [7, 11) is 1.44. The second-order valence-electron chi connectivity index (χ2n) is 7.38. The minimum absolute atomic E-state index is 0.132. The van der Waals surface area contributed by atoms with E-state index >= 15 is 0 Å². The maximum Gasteiger partial charge on any atom is 0.276 e. The molecular weight excluding hydrogens is 549 g/mol. The Kier molecular flexibility index (Phi) is 6.92. The summed E-state index contributed by atoms with van der Waals surface area (Å²) in [6.45, 7) is 3.96. The molecule has 3 aromatic carbocycles. The van der Waals surface area contributed by atoms with E-state index in [2.05, 4.69) is 39.9 Å². The molecule has 3 aromatic rings. The number of ether oxygens (including phenoxy) is 2. The Bertz CT molecular complexity index is 1250. The van der Waals surface area contributed by atoms with Gasteiger partial charge in [0.05, 0.1) is 12.7 Å². The number of phenolic OH excluding ortho intramolecular Hbond substituents is 1. The van der Waals surface area contributed by atoms with Gasteiger partial charge in [-0.3, -0.25) is 15.0 Å². The highest BCUT2D eigenvalue weighted by atomic mass is 127. The van der Waals surface area contributed by atoms with Gasteiger partial charge in [0, 0.05) is 20.4 Å². The van der Waals surface area contributed by atoms with Gasteiger partial charge in [0.2, 0.25) is 0 Å². The topological polar surface area (TPSA) is 100 Å². The Morgan fingerprint density at radius 1 is 1.24 bits per heavy atom. The van der Waals surface area contributed by atoms with Gasteiger partial charge in [0.25, 0.3) is 11.8 Å². The molecule has 9 heteroatoms. The molecule has 3 N–H and O–H groups in total. The number of rotatable bonds is 7. The Balaban J connectivity index is 1.69. The van der Waals surface area contributed by atoms with Crippen molar-refractivity contribution < 1.29 is 24.2 Å².